The molecule has 0 saturated carbocycles. The van der Waals surface area contributed by atoms with Gasteiger partial charge < -0.3 is 10.8 Å². The third kappa shape index (κ3) is 2.39. The van der Waals surface area contributed by atoms with Crippen LogP contribution in [0.15, 0.2) is 30.3 Å². The van der Waals surface area contributed by atoms with Gasteiger partial charge in [0.25, 0.3) is 5.91 Å². The Hall–Kier alpha value is -1.35. The molecule has 60 valence electrons. The molecule has 0 spiro atoms. The normalized spacial score (nSPS) is 8.09. The zero-order valence-corrected chi connectivity index (χ0v) is 6.29. The standard InChI is InChI=1S/C8H9NO.H2O/c1-9-8(10)7-5-3-2-4-6-7;/h2-6H,1H3,(H,9,10);1H2. The lowest BCUT2D eigenvalue weighted by Crippen LogP contribution is -2.17. The number of rotatable bonds is 1. The number of hydrogen-bond donors (Lipinski definition) is 1. The highest BCUT2D eigenvalue weighted by Crippen LogP contribution is 1.96. The van der Waals surface area contributed by atoms with Gasteiger partial charge in [-0.2, -0.15) is 0 Å². The fourth-order valence-corrected chi connectivity index (χ4v) is 0.734. The van der Waals surface area contributed by atoms with Crippen LogP contribution in [-0.4, -0.2) is 18.4 Å². The van der Waals surface area contributed by atoms with E-state index in [1.54, 1.807) is 19.2 Å². The first kappa shape index (κ1) is 9.65. The topological polar surface area (TPSA) is 60.6 Å². The van der Waals surface area contributed by atoms with Crippen molar-refractivity contribution < 1.29 is 10.3 Å². The monoisotopic (exact) mass is 153 g/mol. The molecule has 0 unspecified atom stereocenters. The number of benzene rings is 1. The second-order valence-corrected chi connectivity index (χ2v) is 1.95. The fourth-order valence-electron chi connectivity index (χ4n) is 0.734. The molecule has 0 aliphatic rings. The molecule has 0 aliphatic heterocycles. The summed E-state index contributed by atoms with van der Waals surface area (Å²) in [4.78, 5) is 10.9. The Bertz CT molecular complexity index is 221. The molecule has 0 aromatic heterocycles. The van der Waals surface area contributed by atoms with Crippen LogP contribution in [0.5, 0.6) is 0 Å². The van der Waals surface area contributed by atoms with E-state index < -0.39 is 0 Å². The van der Waals surface area contributed by atoms with Gasteiger partial charge in [-0.05, 0) is 12.1 Å². The summed E-state index contributed by atoms with van der Waals surface area (Å²) in [5.74, 6) is -0.0411. The SMILES string of the molecule is CNC(=O)c1ccccc1.O. The third-order valence-electron chi connectivity index (χ3n) is 1.26. The number of carbonyl (C=O) groups excluding carboxylic acids is 1. The summed E-state index contributed by atoms with van der Waals surface area (Å²) >= 11 is 0. The smallest absolute Gasteiger partial charge is 0.251 e. The van der Waals surface area contributed by atoms with E-state index in [0.717, 1.165) is 0 Å². The van der Waals surface area contributed by atoms with Crippen LogP contribution in [-0.2, 0) is 0 Å². The van der Waals surface area contributed by atoms with Crippen molar-refractivity contribution in [1.29, 1.82) is 0 Å². The van der Waals surface area contributed by atoms with E-state index in [1.165, 1.54) is 0 Å². The Morgan fingerprint density at radius 2 is 1.82 bits per heavy atom. The highest BCUT2D eigenvalue weighted by molar-refractivity contribution is 5.93. The number of carbonyl (C=O) groups is 1. The van der Waals surface area contributed by atoms with Crippen molar-refractivity contribution >= 4 is 5.91 Å². The third-order valence-corrected chi connectivity index (χ3v) is 1.26. The van der Waals surface area contributed by atoms with Crippen molar-refractivity contribution in [3.63, 3.8) is 0 Å². The summed E-state index contributed by atoms with van der Waals surface area (Å²) in [5, 5.41) is 2.54. The van der Waals surface area contributed by atoms with E-state index in [0.29, 0.717) is 5.56 Å². The molecule has 1 aromatic rings. The molecule has 1 amide bonds. The van der Waals surface area contributed by atoms with Crippen molar-refractivity contribution in [2.24, 2.45) is 0 Å². The molecule has 0 heterocycles. The first-order valence-electron chi connectivity index (χ1n) is 3.11. The Morgan fingerprint density at radius 1 is 1.27 bits per heavy atom. The van der Waals surface area contributed by atoms with Gasteiger partial charge in [-0.25, -0.2) is 0 Å². The van der Waals surface area contributed by atoms with Gasteiger partial charge in [0.05, 0.1) is 0 Å². The predicted octanol–water partition coefficient (Wildman–Crippen LogP) is 0.222. The van der Waals surface area contributed by atoms with Gasteiger partial charge in [-0.15, -0.1) is 0 Å². The van der Waals surface area contributed by atoms with Crippen molar-refractivity contribution in [3.8, 4) is 0 Å². The van der Waals surface area contributed by atoms with Gasteiger partial charge in [0, 0.05) is 12.6 Å². The molecule has 3 nitrogen and oxygen atoms in total. The highest BCUT2D eigenvalue weighted by Gasteiger charge is 1.97. The van der Waals surface area contributed by atoms with E-state index in [2.05, 4.69) is 5.32 Å². The van der Waals surface area contributed by atoms with Gasteiger partial charge in [0.1, 0.15) is 0 Å². The van der Waals surface area contributed by atoms with E-state index in [-0.39, 0.29) is 11.4 Å². The van der Waals surface area contributed by atoms with Gasteiger partial charge in [0.2, 0.25) is 0 Å². The summed E-state index contributed by atoms with van der Waals surface area (Å²) < 4.78 is 0. The van der Waals surface area contributed by atoms with Crippen molar-refractivity contribution in [3.05, 3.63) is 35.9 Å². The minimum Gasteiger partial charge on any atom is -0.412 e. The molecule has 3 N–H and O–H groups in total. The number of hydrogen-bond acceptors (Lipinski definition) is 1. The Labute approximate surface area is 65.4 Å². The quantitative estimate of drug-likeness (QED) is 0.616. The highest BCUT2D eigenvalue weighted by atomic mass is 16.1. The first-order valence-corrected chi connectivity index (χ1v) is 3.11. The van der Waals surface area contributed by atoms with Crippen molar-refractivity contribution in [2.45, 2.75) is 0 Å². The van der Waals surface area contributed by atoms with Crippen LogP contribution in [0.25, 0.3) is 0 Å². The lowest BCUT2D eigenvalue weighted by molar-refractivity contribution is 0.0963. The minimum absolute atomic E-state index is 0. The summed E-state index contributed by atoms with van der Waals surface area (Å²) in [7, 11) is 1.62. The lowest BCUT2D eigenvalue weighted by Gasteiger charge is -1.96. The molecule has 0 bridgehead atoms. The second-order valence-electron chi connectivity index (χ2n) is 1.95. The molecule has 1 aromatic carbocycles. The van der Waals surface area contributed by atoms with Crippen molar-refractivity contribution in [2.75, 3.05) is 7.05 Å². The summed E-state index contributed by atoms with van der Waals surface area (Å²) in [5.41, 5.74) is 0.699. The first-order chi connectivity index (χ1) is 4.84. The summed E-state index contributed by atoms with van der Waals surface area (Å²) in [6.07, 6.45) is 0. The van der Waals surface area contributed by atoms with Crippen LogP contribution in [0, 0.1) is 0 Å². The van der Waals surface area contributed by atoms with Crippen LogP contribution in [0.1, 0.15) is 10.4 Å². The largest absolute Gasteiger partial charge is 0.412 e. The average molecular weight is 153 g/mol. The molecule has 11 heavy (non-hydrogen) atoms. The average Bonchev–Trinajstić information content (AvgIpc) is 2.05. The predicted molar refractivity (Wildman–Crippen MR) is 43.4 cm³/mol. The molecule has 0 aliphatic carbocycles. The number of amides is 1. The fraction of sp³-hybridized carbons (Fsp3) is 0.125. The van der Waals surface area contributed by atoms with Crippen LogP contribution >= 0.6 is 0 Å². The maximum Gasteiger partial charge on any atom is 0.251 e. The van der Waals surface area contributed by atoms with E-state index in [1.807, 2.05) is 18.2 Å². The van der Waals surface area contributed by atoms with Gasteiger partial charge >= 0.3 is 0 Å². The van der Waals surface area contributed by atoms with E-state index in [9.17, 15) is 4.79 Å². The molecule has 0 radical (unpaired) electrons. The Balaban J connectivity index is 0.000001000. The maximum atomic E-state index is 10.9. The van der Waals surface area contributed by atoms with E-state index in [4.69, 9.17) is 0 Å². The van der Waals surface area contributed by atoms with Crippen LogP contribution in [0.4, 0.5) is 0 Å². The zero-order valence-electron chi connectivity index (χ0n) is 6.29. The zero-order chi connectivity index (χ0) is 7.40. The molecule has 3 heteroatoms. The summed E-state index contributed by atoms with van der Waals surface area (Å²) in [6, 6.07) is 9.11. The second kappa shape index (κ2) is 4.46. The molecular weight excluding hydrogens is 142 g/mol. The molecule has 0 fully saturated rings. The van der Waals surface area contributed by atoms with Crippen molar-refractivity contribution in [1.82, 2.24) is 5.32 Å². The van der Waals surface area contributed by atoms with Gasteiger partial charge in [-0.1, -0.05) is 18.2 Å². The van der Waals surface area contributed by atoms with Gasteiger partial charge in [0.15, 0.2) is 0 Å². The van der Waals surface area contributed by atoms with Crippen LogP contribution in [0.3, 0.4) is 0 Å². The molecule has 0 saturated heterocycles. The molecular formula is C8H11NO2. The molecule has 1 rings (SSSR count). The minimum atomic E-state index is -0.0411. The summed E-state index contributed by atoms with van der Waals surface area (Å²) in [6.45, 7) is 0. The Kier molecular flexibility index (Phi) is 3.92. The maximum absolute atomic E-state index is 10.9. The Morgan fingerprint density at radius 3 is 2.27 bits per heavy atom. The molecule has 0 atom stereocenters. The number of nitrogens with one attached hydrogen (secondary N) is 1. The van der Waals surface area contributed by atoms with Crippen LogP contribution in [0.2, 0.25) is 0 Å². The van der Waals surface area contributed by atoms with E-state index >= 15 is 0 Å². The van der Waals surface area contributed by atoms with Gasteiger partial charge in [-0.3, -0.25) is 4.79 Å². The van der Waals surface area contributed by atoms with Crippen LogP contribution < -0.4 is 5.32 Å². The lowest BCUT2D eigenvalue weighted by atomic mass is 10.2.